The quantitative estimate of drug-likeness (QED) is 0.438. The summed E-state index contributed by atoms with van der Waals surface area (Å²) >= 11 is 0. The molecule has 17 heavy (non-hydrogen) atoms. The molecule has 1 aliphatic rings. The molecular formula is C14H23NO2. The zero-order valence-electron chi connectivity index (χ0n) is 10.7. The van der Waals surface area contributed by atoms with Crippen molar-refractivity contribution in [3.05, 3.63) is 24.8 Å². The van der Waals surface area contributed by atoms with Crippen molar-refractivity contribution in [2.24, 2.45) is 5.92 Å². The van der Waals surface area contributed by atoms with E-state index in [9.17, 15) is 4.79 Å². The highest BCUT2D eigenvalue weighted by Crippen LogP contribution is 2.26. The summed E-state index contributed by atoms with van der Waals surface area (Å²) in [4.78, 5) is 11.1. The molecule has 0 amide bonds. The van der Waals surface area contributed by atoms with Crippen LogP contribution in [0.3, 0.4) is 0 Å². The standard InChI is InChI=1S/C14H23NO2/c1-4-5-12-6-8-13(9-7-12)15-10-11(2)14(16)17-3/h4,12-13,15H,1-2,5-10H2,3H3. The second kappa shape index (κ2) is 7.28. The lowest BCUT2D eigenvalue weighted by Gasteiger charge is -2.28. The fourth-order valence-corrected chi connectivity index (χ4v) is 2.32. The van der Waals surface area contributed by atoms with E-state index in [1.54, 1.807) is 0 Å². The Hall–Kier alpha value is -1.09. The highest BCUT2D eigenvalue weighted by atomic mass is 16.5. The topological polar surface area (TPSA) is 38.3 Å². The summed E-state index contributed by atoms with van der Waals surface area (Å²) in [5, 5.41) is 3.37. The first-order valence-corrected chi connectivity index (χ1v) is 6.27. The van der Waals surface area contributed by atoms with Crippen LogP contribution in [0, 0.1) is 5.92 Å². The van der Waals surface area contributed by atoms with E-state index in [4.69, 9.17) is 0 Å². The molecule has 0 unspecified atom stereocenters. The lowest BCUT2D eigenvalue weighted by molar-refractivity contribution is -0.136. The lowest BCUT2D eigenvalue weighted by atomic mass is 9.84. The van der Waals surface area contributed by atoms with Crippen LogP contribution < -0.4 is 5.32 Å². The van der Waals surface area contributed by atoms with Gasteiger partial charge >= 0.3 is 5.97 Å². The summed E-state index contributed by atoms with van der Waals surface area (Å²) in [7, 11) is 1.38. The minimum atomic E-state index is -0.321. The van der Waals surface area contributed by atoms with Gasteiger partial charge < -0.3 is 10.1 Å². The Kier molecular flexibility index (Phi) is 5.98. The van der Waals surface area contributed by atoms with Crippen molar-refractivity contribution in [1.82, 2.24) is 5.32 Å². The van der Waals surface area contributed by atoms with Gasteiger partial charge in [-0.2, -0.15) is 0 Å². The van der Waals surface area contributed by atoms with Crippen LogP contribution in [-0.4, -0.2) is 25.7 Å². The minimum absolute atomic E-state index is 0.321. The third-order valence-electron chi connectivity index (χ3n) is 3.42. The van der Waals surface area contributed by atoms with Crippen LogP contribution >= 0.6 is 0 Å². The van der Waals surface area contributed by atoms with Gasteiger partial charge in [0.05, 0.1) is 7.11 Å². The Labute approximate surface area is 104 Å². The van der Waals surface area contributed by atoms with Crippen molar-refractivity contribution < 1.29 is 9.53 Å². The van der Waals surface area contributed by atoms with Crippen molar-refractivity contribution in [3.63, 3.8) is 0 Å². The molecule has 1 fully saturated rings. The maximum Gasteiger partial charge on any atom is 0.334 e. The summed E-state index contributed by atoms with van der Waals surface area (Å²) in [5.41, 5.74) is 0.501. The van der Waals surface area contributed by atoms with Gasteiger partial charge in [-0.05, 0) is 38.0 Å². The zero-order chi connectivity index (χ0) is 12.7. The smallest absolute Gasteiger partial charge is 0.334 e. The molecule has 1 saturated carbocycles. The monoisotopic (exact) mass is 237 g/mol. The first-order chi connectivity index (χ1) is 8.17. The van der Waals surface area contributed by atoms with E-state index in [-0.39, 0.29) is 5.97 Å². The number of carbonyl (C=O) groups is 1. The Morgan fingerprint density at radius 3 is 2.59 bits per heavy atom. The maximum absolute atomic E-state index is 11.1. The predicted octanol–water partition coefficient (Wildman–Crippen LogP) is 2.44. The third-order valence-corrected chi connectivity index (χ3v) is 3.42. The van der Waals surface area contributed by atoms with Crippen LogP contribution in [0.4, 0.5) is 0 Å². The lowest BCUT2D eigenvalue weighted by Crippen LogP contribution is -2.35. The van der Waals surface area contributed by atoms with Crippen LogP contribution in [0.25, 0.3) is 0 Å². The summed E-state index contributed by atoms with van der Waals surface area (Å²) in [6, 6.07) is 0.512. The van der Waals surface area contributed by atoms with E-state index >= 15 is 0 Å². The third kappa shape index (κ3) is 4.73. The Bertz CT molecular complexity index is 278. The van der Waals surface area contributed by atoms with Crippen molar-refractivity contribution in [1.29, 1.82) is 0 Å². The number of hydrogen-bond acceptors (Lipinski definition) is 3. The molecule has 0 aromatic carbocycles. The predicted molar refractivity (Wildman–Crippen MR) is 69.7 cm³/mol. The van der Waals surface area contributed by atoms with E-state index in [1.807, 2.05) is 6.08 Å². The van der Waals surface area contributed by atoms with Gasteiger partial charge in [-0.25, -0.2) is 4.79 Å². The fourth-order valence-electron chi connectivity index (χ4n) is 2.32. The molecule has 0 radical (unpaired) electrons. The number of methoxy groups -OCH3 is 1. The van der Waals surface area contributed by atoms with Gasteiger partial charge in [0.25, 0.3) is 0 Å². The summed E-state index contributed by atoms with van der Waals surface area (Å²) in [6.45, 7) is 8.02. The van der Waals surface area contributed by atoms with Gasteiger partial charge in [0, 0.05) is 18.2 Å². The van der Waals surface area contributed by atoms with Crippen LogP contribution in [0.15, 0.2) is 24.8 Å². The molecule has 0 spiro atoms. The minimum Gasteiger partial charge on any atom is -0.466 e. The van der Waals surface area contributed by atoms with Gasteiger partial charge in [-0.3, -0.25) is 0 Å². The molecule has 0 saturated heterocycles. The number of hydrogen-bond donors (Lipinski definition) is 1. The molecule has 1 rings (SSSR count). The van der Waals surface area contributed by atoms with Crippen molar-refractivity contribution in [2.75, 3.05) is 13.7 Å². The molecule has 0 aliphatic heterocycles. The molecular weight excluding hydrogens is 214 g/mol. The summed E-state index contributed by atoms with van der Waals surface area (Å²) in [6.07, 6.45) is 7.97. The second-order valence-electron chi connectivity index (χ2n) is 4.72. The average Bonchev–Trinajstić information content (AvgIpc) is 2.37. The van der Waals surface area contributed by atoms with Crippen molar-refractivity contribution in [3.8, 4) is 0 Å². The average molecular weight is 237 g/mol. The number of carbonyl (C=O) groups excluding carboxylic acids is 1. The van der Waals surface area contributed by atoms with Crippen molar-refractivity contribution >= 4 is 5.97 Å². The first-order valence-electron chi connectivity index (χ1n) is 6.27. The van der Waals surface area contributed by atoms with Gasteiger partial charge in [-0.1, -0.05) is 12.7 Å². The van der Waals surface area contributed by atoms with E-state index in [0.29, 0.717) is 18.2 Å². The fraction of sp³-hybridized carbons (Fsp3) is 0.643. The van der Waals surface area contributed by atoms with E-state index in [1.165, 1.54) is 32.8 Å². The number of esters is 1. The van der Waals surface area contributed by atoms with E-state index in [0.717, 1.165) is 12.3 Å². The van der Waals surface area contributed by atoms with Crippen LogP contribution in [-0.2, 0) is 9.53 Å². The molecule has 0 aromatic rings. The highest BCUT2D eigenvalue weighted by Gasteiger charge is 2.20. The van der Waals surface area contributed by atoms with Gasteiger partial charge in [-0.15, -0.1) is 6.58 Å². The molecule has 0 heterocycles. The molecule has 3 heteroatoms. The van der Waals surface area contributed by atoms with E-state index < -0.39 is 0 Å². The number of ether oxygens (including phenoxy) is 1. The Balaban J connectivity index is 2.20. The van der Waals surface area contributed by atoms with Gasteiger partial charge in [0.1, 0.15) is 0 Å². The van der Waals surface area contributed by atoms with Crippen LogP contribution in [0.2, 0.25) is 0 Å². The largest absolute Gasteiger partial charge is 0.466 e. The molecule has 1 N–H and O–H groups in total. The van der Waals surface area contributed by atoms with E-state index in [2.05, 4.69) is 23.2 Å². The highest BCUT2D eigenvalue weighted by molar-refractivity contribution is 5.88. The van der Waals surface area contributed by atoms with Crippen molar-refractivity contribution in [2.45, 2.75) is 38.1 Å². The molecule has 0 atom stereocenters. The van der Waals surface area contributed by atoms with Crippen LogP contribution in [0.5, 0.6) is 0 Å². The van der Waals surface area contributed by atoms with Crippen LogP contribution in [0.1, 0.15) is 32.1 Å². The summed E-state index contributed by atoms with van der Waals surface area (Å²) < 4.78 is 4.61. The number of nitrogens with one attached hydrogen (secondary N) is 1. The second-order valence-corrected chi connectivity index (χ2v) is 4.72. The summed E-state index contributed by atoms with van der Waals surface area (Å²) in [5.74, 6) is 0.479. The molecule has 96 valence electrons. The maximum atomic E-state index is 11.1. The number of rotatable bonds is 6. The molecule has 0 bridgehead atoms. The molecule has 3 nitrogen and oxygen atoms in total. The molecule has 1 aliphatic carbocycles. The first kappa shape index (κ1) is 14.0. The number of allylic oxidation sites excluding steroid dienone is 1. The Morgan fingerprint density at radius 2 is 2.06 bits per heavy atom. The Morgan fingerprint density at radius 1 is 1.41 bits per heavy atom. The zero-order valence-corrected chi connectivity index (χ0v) is 10.7. The van der Waals surface area contributed by atoms with Gasteiger partial charge in [0.2, 0.25) is 0 Å². The normalized spacial score (nSPS) is 24.1. The molecule has 0 aromatic heterocycles. The SMILES string of the molecule is C=CCC1CCC(NCC(=C)C(=O)OC)CC1. The van der Waals surface area contributed by atoms with Gasteiger partial charge in [0.15, 0.2) is 0 Å².